The van der Waals surface area contributed by atoms with Crippen molar-refractivity contribution in [2.45, 2.75) is 11.8 Å². The zero-order valence-corrected chi connectivity index (χ0v) is 16.1. The summed E-state index contributed by atoms with van der Waals surface area (Å²) in [6, 6.07) is 10.3. The molecule has 1 saturated heterocycles. The lowest BCUT2D eigenvalue weighted by Crippen LogP contribution is -2.47. The number of carbonyl (C=O) groups excluding carboxylic acids is 1. The van der Waals surface area contributed by atoms with Crippen LogP contribution >= 0.6 is 0 Å². The standard InChI is InChI=1S/C19H22FN3O3S/c1-14-6-7-15(12-18(14)20)19(24)21-16-4-3-5-17(13-16)27(25,26)23-10-8-22(2)9-11-23/h3-7,12-13H,8-11H2,1-2H3,(H,21,24). The SMILES string of the molecule is Cc1ccc(C(=O)Nc2cccc(S(=O)(=O)N3CCN(C)CC3)c2)cc1F. The van der Waals surface area contributed by atoms with E-state index in [-0.39, 0.29) is 10.5 Å². The predicted octanol–water partition coefficient (Wildman–Crippen LogP) is 2.32. The zero-order chi connectivity index (χ0) is 19.6. The van der Waals surface area contributed by atoms with Crippen molar-refractivity contribution in [1.29, 1.82) is 0 Å². The molecule has 1 aliphatic rings. The molecule has 8 heteroatoms. The summed E-state index contributed by atoms with van der Waals surface area (Å²) < 4.78 is 40.8. The molecule has 1 N–H and O–H groups in total. The lowest BCUT2D eigenvalue weighted by atomic mass is 10.1. The fourth-order valence-electron chi connectivity index (χ4n) is 2.85. The summed E-state index contributed by atoms with van der Waals surface area (Å²) in [4.78, 5) is 14.5. The van der Waals surface area contributed by atoms with Crippen LogP contribution in [-0.2, 0) is 10.0 Å². The number of anilines is 1. The first-order valence-electron chi connectivity index (χ1n) is 8.63. The zero-order valence-electron chi connectivity index (χ0n) is 15.3. The highest BCUT2D eigenvalue weighted by atomic mass is 32.2. The quantitative estimate of drug-likeness (QED) is 0.869. The largest absolute Gasteiger partial charge is 0.322 e. The molecule has 0 aromatic heterocycles. The van der Waals surface area contributed by atoms with Gasteiger partial charge in [-0.25, -0.2) is 12.8 Å². The van der Waals surface area contributed by atoms with E-state index < -0.39 is 21.7 Å². The Morgan fingerprint density at radius 3 is 2.44 bits per heavy atom. The molecular formula is C19H22FN3O3S. The second kappa shape index (κ2) is 7.75. The van der Waals surface area contributed by atoms with E-state index in [9.17, 15) is 17.6 Å². The maximum Gasteiger partial charge on any atom is 0.255 e. The van der Waals surface area contributed by atoms with Gasteiger partial charge in [-0.05, 0) is 49.9 Å². The van der Waals surface area contributed by atoms with Crippen molar-refractivity contribution in [1.82, 2.24) is 9.21 Å². The van der Waals surface area contributed by atoms with Gasteiger partial charge < -0.3 is 10.2 Å². The number of aryl methyl sites for hydroxylation is 1. The number of sulfonamides is 1. The summed E-state index contributed by atoms with van der Waals surface area (Å²) in [6.45, 7) is 3.82. The highest BCUT2D eigenvalue weighted by Gasteiger charge is 2.27. The Bertz CT molecular complexity index is 954. The molecule has 0 radical (unpaired) electrons. The third-order valence-electron chi connectivity index (χ3n) is 4.63. The molecule has 0 aliphatic carbocycles. The number of hydrogen-bond donors (Lipinski definition) is 1. The van der Waals surface area contributed by atoms with Gasteiger partial charge in [-0.15, -0.1) is 0 Å². The van der Waals surface area contributed by atoms with Crippen LogP contribution in [0.25, 0.3) is 0 Å². The fraction of sp³-hybridized carbons (Fsp3) is 0.316. The van der Waals surface area contributed by atoms with Gasteiger partial charge in [0.25, 0.3) is 5.91 Å². The first-order valence-corrected chi connectivity index (χ1v) is 10.1. The molecule has 144 valence electrons. The third-order valence-corrected chi connectivity index (χ3v) is 6.52. The highest BCUT2D eigenvalue weighted by Crippen LogP contribution is 2.21. The predicted molar refractivity (Wildman–Crippen MR) is 102 cm³/mol. The summed E-state index contributed by atoms with van der Waals surface area (Å²) >= 11 is 0. The fourth-order valence-corrected chi connectivity index (χ4v) is 4.32. The number of carbonyl (C=O) groups is 1. The van der Waals surface area contributed by atoms with Crippen LogP contribution in [0.1, 0.15) is 15.9 Å². The van der Waals surface area contributed by atoms with Crippen LogP contribution in [0.2, 0.25) is 0 Å². The number of nitrogens with zero attached hydrogens (tertiary/aromatic N) is 2. The molecule has 1 fully saturated rings. The molecule has 1 aliphatic heterocycles. The van der Waals surface area contributed by atoms with Gasteiger partial charge in [-0.3, -0.25) is 4.79 Å². The first kappa shape index (κ1) is 19.5. The molecule has 1 amide bonds. The average molecular weight is 391 g/mol. The van der Waals surface area contributed by atoms with E-state index in [1.807, 2.05) is 7.05 Å². The molecule has 27 heavy (non-hydrogen) atoms. The number of likely N-dealkylation sites (N-methyl/N-ethyl adjacent to an activating group) is 1. The van der Waals surface area contributed by atoms with Crippen LogP contribution in [-0.4, -0.2) is 56.8 Å². The van der Waals surface area contributed by atoms with Gasteiger partial charge >= 0.3 is 0 Å². The molecule has 0 spiro atoms. The minimum absolute atomic E-state index is 0.125. The summed E-state index contributed by atoms with van der Waals surface area (Å²) in [6.07, 6.45) is 0. The van der Waals surface area contributed by atoms with Crippen LogP contribution < -0.4 is 5.32 Å². The molecular weight excluding hydrogens is 369 g/mol. The van der Waals surface area contributed by atoms with E-state index in [4.69, 9.17) is 0 Å². The smallest absolute Gasteiger partial charge is 0.255 e. The van der Waals surface area contributed by atoms with Crippen LogP contribution in [0.3, 0.4) is 0 Å². The number of nitrogens with one attached hydrogen (secondary N) is 1. The van der Waals surface area contributed by atoms with Crippen molar-refractivity contribution >= 4 is 21.6 Å². The van der Waals surface area contributed by atoms with Gasteiger partial charge in [-0.1, -0.05) is 12.1 Å². The molecule has 0 unspecified atom stereocenters. The normalized spacial score (nSPS) is 16.3. The Kier molecular flexibility index (Phi) is 5.59. The van der Waals surface area contributed by atoms with E-state index in [0.29, 0.717) is 37.4 Å². The van der Waals surface area contributed by atoms with Gasteiger partial charge in [0.2, 0.25) is 10.0 Å². The maximum absolute atomic E-state index is 13.7. The lowest BCUT2D eigenvalue weighted by molar-refractivity contribution is 0.102. The Hall–Kier alpha value is -2.29. The minimum atomic E-state index is -3.63. The summed E-state index contributed by atoms with van der Waals surface area (Å²) in [5.41, 5.74) is 0.966. The molecule has 2 aromatic carbocycles. The third kappa shape index (κ3) is 4.35. The van der Waals surface area contributed by atoms with Gasteiger partial charge in [0.1, 0.15) is 5.82 Å². The Balaban J connectivity index is 1.79. The lowest BCUT2D eigenvalue weighted by Gasteiger charge is -2.31. The van der Waals surface area contributed by atoms with Gasteiger partial charge in [0.05, 0.1) is 4.90 Å². The number of hydrogen-bond acceptors (Lipinski definition) is 4. The van der Waals surface area contributed by atoms with Crippen LogP contribution in [0.4, 0.5) is 10.1 Å². The molecule has 0 atom stereocenters. The summed E-state index contributed by atoms with van der Waals surface area (Å²) in [5.74, 6) is -0.961. The van der Waals surface area contributed by atoms with Crippen molar-refractivity contribution in [3.63, 3.8) is 0 Å². The van der Waals surface area contributed by atoms with E-state index >= 15 is 0 Å². The number of benzene rings is 2. The minimum Gasteiger partial charge on any atom is -0.322 e. The van der Waals surface area contributed by atoms with Gasteiger partial charge in [-0.2, -0.15) is 4.31 Å². The van der Waals surface area contributed by atoms with Crippen LogP contribution in [0.15, 0.2) is 47.4 Å². The number of rotatable bonds is 4. The molecule has 0 bridgehead atoms. The Morgan fingerprint density at radius 2 is 1.78 bits per heavy atom. The van der Waals surface area contributed by atoms with Crippen molar-refractivity contribution in [2.24, 2.45) is 0 Å². The van der Waals surface area contributed by atoms with Crippen LogP contribution in [0.5, 0.6) is 0 Å². The van der Waals surface area contributed by atoms with Crippen molar-refractivity contribution in [3.05, 3.63) is 59.4 Å². The van der Waals surface area contributed by atoms with E-state index in [0.717, 1.165) is 6.07 Å². The van der Waals surface area contributed by atoms with Crippen molar-refractivity contribution in [3.8, 4) is 0 Å². The highest BCUT2D eigenvalue weighted by molar-refractivity contribution is 7.89. The monoisotopic (exact) mass is 391 g/mol. The number of piperazine rings is 1. The second-order valence-electron chi connectivity index (χ2n) is 6.65. The molecule has 3 rings (SSSR count). The molecule has 1 heterocycles. The number of amides is 1. The summed E-state index contributed by atoms with van der Waals surface area (Å²) in [7, 11) is -1.67. The molecule has 2 aromatic rings. The Labute approximate surface area is 158 Å². The van der Waals surface area contributed by atoms with Gasteiger partial charge in [0.15, 0.2) is 0 Å². The molecule has 0 saturated carbocycles. The van der Waals surface area contributed by atoms with E-state index in [2.05, 4.69) is 10.2 Å². The first-order chi connectivity index (χ1) is 12.8. The topological polar surface area (TPSA) is 69.7 Å². The average Bonchev–Trinajstić information content (AvgIpc) is 2.64. The Morgan fingerprint density at radius 1 is 1.07 bits per heavy atom. The second-order valence-corrected chi connectivity index (χ2v) is 8.59. The number of halogens is 1. The summed E-state index contributed by atoms with van der Waals surface area (Å²) in [5, 5.41) is 2.63. The molecule has 6 nitrogen and oxygen atoms in total. The van der Waals surface area contributed by atoms with E-state index in [1.165, 1.54) is 28.6 Å². The van der Waals surface area contributed by atoms with Crippen molar-refractivity contribution < 1.29 is 17.6 Å². The van der Waals surface area contributed by atoms with Gasteiger partial charge in [0, 0.05) is 37.4 Å². The van der Waals surface area contributed by atoms with Crippen LogP contribution in [0, 0.1) is 12.7 Å². The maximum atomic E-state index is 13.7. The van der Waals surface area contributed by atoms with E-state index in [1.54, 1.807) is 19.1 Å². The van der Waals surface area contributed by atoms with Crippen molar-refractivity contribution in [2.75, 3.05) is 38.5 Å².